The summed E-state index contributed by atoms with van der Waals surface area (Å²) < 4.78 is 10.3. The summed E-state index contributed by atoms with van der Waals surface area (Å²) in [6.07, 6.45) is 0.795. The molecule has 1 saturated heterocycles. The summed E-state index contributed by atoms with van der Waals surface area (Å²) in [5.74, 6) is 0. The molecule has 0 spiro atoms. The third-order valence-corrected chi connectivity index (χ3v) is 3.52. The van der Waals surface area contributed by atoms with Crippen LogP contribution < -0.4 is 0 Å². The van der Waals surface area contributed by atoms with Crippen molar-refractivity contribution in [1.82, 2.24) is 0 Å². The number of hydrogen-bond donors (Lipinski definition) is 2. The lowest BCUT2D eigenvalue weighted by atomic mass is 9.88. The van der Waals surface area contributed by atoms with E-state index in [2.05, 4.69) is 0 Å². The molecule has 1 aliphatic rings. The first-order chi connectivity index (χ1) is 5.54. The van der Waals surface area contributed by atoms with Gasteiger partial charge in [0.1, 0.15) is 19.9 Å². The number of aliphatic hydroxyl groups is 1. The van der Waals surface area contributed by atoms with E-state index in [0.717, 1.165) is 6.42 Å². The number of rotatable bonds is 2. The Morgan fingerprint density at radius 2 is 1.92 bits per heavy atom. The summed E-state index contributed by atoms with van der Waals surface area (Å²) in [6.45, 7) is 4.36. The van der Waals surface area contributed by atoms with Crippen LogP contribution in [0.2, 0.25) is 0 Å². The van der Waals surface area contributed by atoms with Crippen LogP contribution in [0.5, 0.6) is 0 Å². The topological polar surface area (TPSA) is 58.9 Å². The van der Waals surface area contributed by atoms with E-state index in [1.54, 1.807) is 6.66 Å². The molecule has 4 nitrogen and oxygen atoms in total. The van der Waals surface area contributed by atoms with Gasteiger partial charge in [-0.1, -0.05) is 6.92 Å². The van der Waals surface area contributed by atoms with Crippen molar-refractivity contribution in [2.75, 3.05) is 26.5 Å². The lowest BCUT2D eigenvalue weighted by molar-refractivity contribution is -0.0309. The molecule has 0 aromatic rings. The van der Waals surface area contributed by atoms with Crippen LogP contribution in [0, 0.1) is 5.41 Å². The van der Waals surface area contributed by atoms with Crippen molar-refractivity contribution in [3.8, 4) is 0 Å². The van der Waals surface area contributed by atoms with Gasteiger partial charge in [-0.05, 0) is 6.42 Å². The minimum atomic E-state index is -2.55. The largest absolute Gasteiger partial charge is 0.405 e. The summed E-state index contributed by atoms with van der Waals surface area (Å²) in [6, 6.07) is 0. The molecule has 0 aliphatic carbocycles. The second kappa shape index (κ2) is 3.56. The van der Waals surface area contributed by atoms with Gasteiger partial charge in [0.05, 0.1) is 6.61 Å². The van der Waals surface area contributed by atoms with Gasteiger partial charge in [0.15, 0.2) is 0 Å². The molecule has 0 aromatic heterocycles. The highest BCUT2D eigenvalue weighted by atomic mass is 31.2. The zero-order valence-corrected chi connectivity index (χ0v) is 8.38. The molecule has 2 N–H and O–H groups in total. The Kier molecular flexibility index (Phi) is 3.07. The monoisotopic (exact) mass is 195 g/mol. The molecule has 1 aliphatic heterocycles. The third kappa shape index (κ3) is 2.15. The average molecular weight is 195 g/mol. The zero-order valence-electron chi connectivity index (χ0n) is 7.49. The SMILES string of the molecule is CCC1(CO)CO[P+](C)(O)OC1. The first kappa shape index (κ1) is 10.4. The van der Waals surface area contributed by atoms with Gasteiger partial charge in [0.25, 0.3) is 0 Å². The Morgan fingerprint density at radius 1 is 1.42 bits per heavy atom. The molecular weight excluding hydrogens is 179 g/mol. The predicted octanol–water partition coefficient (Wildman–Crippen LogP) is 0.807. The summed E-state index contributed by atoms with van der Waals surface area (Å²) in [5, 5.41) is 9.08. The minimum absolute atomic E-state index is 0.0451. The van der Waals surface area contributed by atoms with Crippen LogP contribution in [0.1, 0.15) is 13.3 Å². The van der Waals surface area contributed by atoms with Crippen LogP contribution in [0.4, 0.5) is 0 Å². The Hall–Kier alpha value is 0.270. The van der Waals surface area contributed by atoms with Gasteiger partial charge >= 0.3 is 7.94 Å². The van der Waals surface area contributed by atoms with E-state index in [9.17, 15) is 4.89 Å². The molecule has 0 radical (unpaired) electrons. The molecule has 12 heavy (non-hydrogen) atoms. The Labute approximate surface area is 73.1 Å². The maximum atomic E-state index is 9.38. The van der Waals surface area contributed by atoms with E-state index in [4.69, 9.17) is 14.2 Å². The van der Waals surface area contributed by atoms with Crippen molar-refractivity contribution in [3.63, 3.8) is 0 Å². The molecule has 0 saturated carbocycles. The molecule has 0 aromatic carbocycles. The molecular formula is C7H16O4P+. The molecule has 0 atom stereocenters. The maximum absolute atomic E-state index is 9.38. The second-order valence-electron chi connectivity index (χ2n) is 3.36. The predicted molar refractivity (Wildman–Crippen MR) is 46.8 cm³/mol. The van der Waals surface area contributed by atoms with Crippen molar-refractivity contribution in [2.24, 2.45) is 5.41 Å². The normalized spacial score (nSPS) is 43.0. The van der Waals surface area contributed by atoms with Crippen LogP contribution in [0.3, 0.4) is 0 Å². The van der Waals surface area contributed by atoms with Crippen molar-refractivity contribution in [3.05, 3.63) is 0 Å². The van der Waals surface area contributed by atoms with Crippen LogP contribution in [0.25, 0.3) is 0 Å². The zero-order chi connectivity index (χ0) is 9.24. The number of aliphatic hydroxyl groups excluding tert-OH is 1. The minimum Gasteiger partial charge on any atom is -0.396 e. The molecule has 1 rings (SSSR count). The van der Waals surface area contributed by atoms with E-state index >= 15 is 0 Å². The average Bonchev–Trinajstić information content (AvgIpc) is 2.06. The highest BCUT2D eigenvalue weighted by Gasteiger charge is 2.46. The Bertz CT molecular complexity index is 143. The van der Waals surface area contributed by atoms with Crippen molar-refractivity contribution >= 4 is 7.94 Å². The molecule has 0 unspecified atom stereocenters. The fourth-order valence-corrected chi connectivity index (χ4v) is 2.10. The summed E-state index contributed by atoms with van der Waals surface area (Å²) in [5.41, 5.74) is -0.303. The van der Waals surface area contributed by atoms with Gasteiger partial charge in [-0.15, -0.1) is 0 Å². The molecule has 1 fully saturated rings. The van der Waals surface area contributed by atoms with Gasteiger partial charge in [-0.25, -0.2) is 0 Å². The molecule has 72 valence electrons. The fraction of sp³-hybridized carbons (Fsp3) is 1.00. The van der Waals surface area contributed by atoms with Gasteiger partial charge < -0.3 is 5.11 Å². The van der Waals surface area contributed by atoms with Crippen molar-refractivity contribution < 1.29 is 19.0 Å². The van der Waals surface area contributed by atoms with Gasteiger partial charge in [0, 0.05) is 5.41 Å². The second-order valence-corrected chi connectivity index (χ2v) is 5.48. The first-order valence-corrected chi connectivity index (χ1v) is 6.05. The third-order valence-electron chi connectivity index (χ3n) is 2.31. The van der Waals surface area contributed by atoms with E-state index < -0.39 is 7.94 Å². The standard InChI is InChI=1S/C7H16O4P/c1-3-7(4-8)5-10-12(2,9)11-6-7/h8-9H,3-6H2,1-2H3/q+1. The van der Waals surface area contributed by atoms with Crippen molar-refractivity contribution in [2.45, 2.75) is 13.3 Å². The summed E-state index contributed by atoms with van der Waals surface area (Å²) in [4.78, 5) is 9.38. The van der Waals surface area contributed by atoms with Crippen LogP contribution >= 0.6 is 7.94 Å². The first-order valence-electron chi connectivity index (χ1n) is 4.03. The van der Waals surface area contributed by atoms with Gasteiger partial charge in [-0.2, -0.15) is 13.9 Å². The van der Waals surface area contributed by atoms with E-state index in [0.29, 0.717) is 13.2 Å². The highest BCUT2D eigenvalue weighted by molar-refractivity contribution is 7.59. The van der Waals surface area contributed by atoms with Crippen LogP contribution in [-0.2, 0) is 9.05 Å². The summed E-state index contributed by atoms with van der Waals surface area (Å²) in [7, 11) is -2.55. The van der Waals surface area contributed by atoms with Crippen LogP contribution in [0.15, 0.2) is 0 Å². The molecule has 1 heterocycles. The number of hydrogen-bond acceptors (Lipinski definition) is 4. The molecule has 0 amide bonds. The van der Waals surface area contributed by atoms with E-state index in [1.807, 2.05) is 6.92 Å². The molecule has 0 bridgehead atoms. The van der Waals surface area contributed by atoms with E-state index in [-0.39, 0.29) is 12.0 Å². The smallest absolute Gasteiger partial charge is 0.396 e. The van der Waals surface area contributed by atoms with Gasteiger partial charge in [-0.3, -0.25) is 0 Å². The van der Waals surface area contributed by atoms with Gasteiger partial charge in [0.2, 0.25) is 0 Å². The lowest BCUT2D eigenvalue weighted by Gasteiger charge is -2.33. The molecule has 5 heteroatoms. The quantitative estimate of drug-likeness (QED) is 0.640. The van der Waals surface area contributed by atoms with Crippen molar-refractivity contribution in [1.29, 1.82) is 0 Å². The lowest BCUT2D eigenvalue weighted by Crippen LogP contribution is -2.39. The van der Waals surface area contributed by atoms with Crippen LogP contribution in [-0.4, -0.2) is 36.5 Å². The Balaban J connectivity index is 2.53. The fourth-order valence-electron chi connectivity index (χ4n) is 1.000. The van der Waals surface area contributed by atoms with E-state index in [1.165, 1.54) is 0 Å². The highest BCUT2D eigenvalue weighted by Crippen LogP contribution is 2.58. The Morgan fingerprint density at radius 3 is 2.25 bits per heavy atom. The summed E-state index contributed by atoms with van der Waals surface area (Å²) >= 11 is 0. The maximum Gasteiger partial charge on any atom is 0.405 e.